The Hall–Kier alpha value is -2.11. The summed E-state index contributed by atoms with van der Waals surface area (Å²) in [6.45, 7) is 1.24. The van der Waals surface area contributed by atoms with E-state index in [4.69, 9.17) is 0 Å². The normalized spacial score (nSPS) is 25.0. The molecule has 1 spiro atoms. The Morgan fingerprint density at radius 1 is 1.24 bits per heavy atom. The minimum atomic E-state index is -0.706. The maximum absolute atomic E-state index is 12.9. The van der Waals surface area contributed by atoms with Gasteiger partial charge >= 0.3 is 6.03 Å². The number of urea groups is 1. The molecule has 0 aliphatic carbocycles. The van der Waals surface area contributed by atoms with Gasteiger partial charge in [0.25, 0.3) is 0 Å². The average Bonchev–Trinajstić information content (AvgIpc) is 2.89. The molecule has 1 atom stereocenters. The number of rotatable bonds is 1. The van der Waals surface area contributed by atoms with Gasteiger partial charge in [0, 0.05) is 18.8 Å². The fourth-order valence-electron chi connectivity index (χ4n) is 3.26. The van der Waals surface area contributed by atoms with E-state index in [0.29, 0.717) is 31.6 Å². The van der Waals surface area contributed by atoms with Crippen molar-refractivity contribution in [3.05, 3.63) is 30.1 Å². The van der Waals surface area contributed by atoms with Crippen LogP contribution in [0.2, 0.25) is 0 Å². The Morgan fingerprint density at radius 2 is 1.95 bits per heavy atom. The second-order valence-electron chi connectivity index (χ2n) is 5.58. The quantitative estimate of drug-likeness (QED) is 0.832. The SMILES string of the molecule is O=C(Nc1ccc(F)cc1)N1CCCC12CCCNC2=O. The molecule has 1 unspecified atom stereocenters. The lowest BCUT2D eigenvalue weighted by Gasteiger charge is -2.39. The van der Waals surface area contributed by atoms with E-state index in [1.165, 1.54) is 24.3 Å². The van der Waals surface area contributed by atoms with Crippen LogP contribution in [0.5, 0.6) is 0 Å². The van der Waals surface area contributed by atoms with E-state index in [1.807, 2.05) is 0 Å². The number of likely N-dealkylation sites (tertiary alicyclic amines) is 1. The van der Waals surface area contributed by atoms with Crippen molar-refractivity contribution in [3.8, 4) is 0 Å². The van der Waals surface area contributed by atoms with Crippen LogP contribution in [0.15, 0.2) is 24.3 Å². The molecule has 0 bridgehead atoms. The fraction of sp³-hybridized carbons (Fsp3) is 0.467. The molecule has 6 heteroatoms. The smallest absolute Gasteiger partial charge is 0.322 e. The van der Waals surface area contributed by atoms with Crippen molar-refractivity contribution >= 4 is 17.6 Å². The summed E-state index contributed by atoms with van der Waals surface area (Å²) in [5.74, 6) is -0.405. The number of nitrogens with one attached hydrogen (secondary N) is 2. The summed E-state index contributed by atoms with van der Waals surface area (Å²) in [5, 5.41) is 5.60. The molecule has 21 heavy (non-hydrogen) atoms. The van der Waals surface area contributed by atoms with Crippen molar-refractivity contribution in [3.63, 3.8) is 0 Å². The zero-order chi connectivity index (χ0) is 14.9. The fourth-order valence-corrected chi connectivity index (χ4v) is 3.26. The third-order valence-corrected chi connectivity index (χ3v) is 4.30. The Morgan fingerprint density at radius 3 is 2.67 bits per heavy atom. The van der Waals surface area contributed by atoms with Crippen molar-refractivity contribution in [1.82, 2.24) is 10.2 Å². The molecule has 112 valence electrons. The van der Waals surface area contributed by atoms with Crippen LogP contribution >= 0.6 is 0 Å². The molecule has 2 fully saturated rings. The molecule has 2 aliphatic heterocycles. The first-order valence-corrected chi connectivity index (χ1v) is 7.24. The molecular formula is C15H18FN3O2. The molecule has 1 aromatic rings. The van der Waals surface area contributed by atoms with Crippen LogP contribution in [0.3, 0.4) is 0 Å². The molecule has 3 rings (SSSR count). The number of anilines is 1. The molecule has 1 aromatic carbocycles. The molecule has 2 heterocycles. The number of hydrogen-bond acceptors (Lipinski definition) is 2. The second-order valence-corrected chi connectivity index (χ2v) is 5.58. The molecule has 2 aliphatic rings. The third kappa shape index (κ3) is 2.46. The zero-order valence-corrected chi connectivity index (χ0v) is 11.7. The van der Waals surface area contributed by atoms with Crippen molar-refractivity contribution in [2.45, 2.75) is 31.2 Å². The van der Waals surface area contributed by atoms with E-state index in [-0.39, 0.29) is 17.8 Å². The van der Waals surface area contributed by atoms with Crippen LogP contribution in [0, 0.1) is 5.82 Å². The van der Waals surface area contributed by atoms with Gasteiger partial charge in [-0.05, 0) is 49.9 Å². The van der Waals surface area contributed by atoms with Crippen molar-refractivity contribution in [2.24, 2.45) is 0 Å². The zero-order valence-electron chi connectivity index (χ0n) is 11.7. The van der Waals surface area contributed by atoms with E-state index in [9.17, 15) is 14.0 Å². The van der Waals surface area contributed by atoms with E-state index >= 15 is 0 Å². The maximum Gasteiger partial charge on any atom is 0.322 e. The summed E-state index contributed by atoms with van der Waals surface area (Å²) in [6.07, 6.45) is 3.11. The van der Waals surface area contributed by atoms with E-state index in [1.54, 1.807) is 4.90 Å². The molecule has 2 N–H and O–H groups in total. The van der Waals surface area contributed by atoms with Gasteiger partial charge in [0.2, 0.25) is 5.91 Å². The van der Waals surface area contributed by atoms with Gasteiger partial charge < -0.3 is 15.5 Å². The summed E-state index contributed by atoms with van der Waals surface area (Å²) in [5.41, 5.74) is -0.179. The Bertz CT molecular complexity index is 561. The number of nitrogens with zero attached hydrogens (tertiary/aromatic N) is 1. The molecule has 0 saturated carbocycles. The minimum absolute atomic E-state index is 0.0551. The Balaban J connectivity index is 1.77. The minimum Gasteiger partial charge on any atom is -0.354 e. The molecule has 3 amide bonds. The third-order valence-electron chi connectivity index (χ3n) is 4.30. The summed E-state index contributed by atoms with van der Waals surface area (Å²) in [6, 6.07) is 5.32. The van der Waals surface area contributed by atoms with Crippen molar-refractivity contribution < 1.29 is 14.0 Å². The highest BCUT2D eigenvalue weighted by molar-refractivity contribution is 5.96. The van der Waals surface area contributed by atoms with Crippen LogP contribution < -0.4 is 10.6 Å². The lowest BCUT2D eigenvalue weighted by molar-refractivity contribution is -0.132. The first kappa shape index (κ1) is 13.9. The van der Waals surface area contributed by atoms with Crippen LogP contribution in [-0.2, 0) is 4.79 Å². The summed E-state index contributed by atoms with van der Waals surface area (Å²) in [7, 11) is 0. The monoisotopic (exact) mass is 291 g/mol. The van der Waals surface area contributed by atoms with E-state index < -0.39 is 5.54 Å². The lowest BCUT2D eigenvalue weighted by atomic mass is 9.86. The predicted molar refractivity (Wildman–Crippen MR) is 76.3 cm³/mol. The number of piperidine rings is 1. The van der Waals surface area contributed by atoms with Crippen LogP contribution in [0.25, 0.3) is 0 Å². The standard InChI is InChI=1S/C15H18FN3O2/c16-11-3-5-12(6-4-11)18-14(21)19-10-2-8-15(19)7-1-9-17-13(15)20/h3-6H,1-2,7-10H2,(H,17,20)(H,18,21). The maximum atomic E-state index is 12.9. The molecular weight excluding hydrogens is 273 g/mol. The first-order chi connectivity index (χ1) is 10.1. The molecule has 5 nitrogen and oxygen atoms in total. The highest BCUT2D eigenvalue weighted by Gasteiger charge is 2.50. The average molecular weight is 291 g/mol. The summed E-state index contributed by atoms with van der Waals surface area (Å²) in [4.78, 5) is 26.3. The van der Waals surface area contributed by atoms with Gasteiger partial charge in [-0.3, -0.25) is 4.79 Å². The van der Waals surface area contributed by atoms with Crippen LogP contribution in [-0.4, -0.2) is 35.5 Å². The van der Waals surface area contributed by atoms with Gasteiger partial charge in [-0.15, -0.1) is 0 Å². The van der Waals surface area contributed by atoms with Gasteiger partial charge in [-0.2, -0.15) is 0 Å². The number of carbonyl (C=O) groups is 2. The van der Waals surface area contributed by atoms with Gasteiger partial charge in [-0.25, -0.2) is 9.18 Å². The highest BCUT2D eigenvalue weighted by atomic mass is 19.1. The lowest BCUT2D eigenvalue weighted by Crippen LogP contribution is -2.60. The molecule has 0 radical (unpaired) electrons. The van der Waals surface area contributed by atoms with Crippen molar-refractivity contribution in [2.75, 3.05) is 18.4 Å². The molecule has 2 saturated heterocycles. The topological polar surface area (TPSA) is 61.4 Å². The number of halogens is 1. The Labute approximate surface area is 122 Å². The summed E-state index contributed by atoms with van der Waals surface area (Å²) >= 11 is 0. The molecule has 0 aromatic heterocycles. The number of benzene rings is 1. The Kier molecular flexibility index (Phi) is 3.53. The number of amides is 3. The van der Waals surface area contributed by atoms with E-state index in [0.717, 1.165) is 12.8 Å². The number of hydrogen-bond donors (Lipinski definition) is 2. The van der Waals surface area contributed by atoms with Crippen LogP contribution in [0.1, 0.15) is 25.7 Å². The van der Waals surface area contributed by atoms with Crippen LogP contribution in [0.4, 0.5) is 14.9 Å². The highest BCUT2D eigenvalue weighted by Crippen LogP contribution is 2.36. The summed E-state index contributed by atoms with van der Waals surface area (Å²) < 4.78 is 12.9. The number of carbonyl (C=O) groups excluding carboxylic acids is 2. The van der Waals surface area contributed by atoms with Gasteiger partial charge in [0.1, 0.15) is 11.4 Å². The largest absolute Gasteiger partial charge is 0.354 e. The first-order valence-electron chi connectivity index (χ1n) is 7.24. The van der Waals surface area contributed by atoms with E-state index in [2.05, 4.69) is 10.6 Å². The second kappa shape index (κ2) is 5.35. The van der Waals surface area contributed by atoms with Crippen molar-refractivity contribution in [1.29, 1.82) is 0 Å². The van der Waals surface area contributed by atoms with Gasteiger partial charge in [0.15, 0.2) is 0 Å². The predicted octanol–water partition coefficient (Wildman–Crippen LogP) is 2.10. The van der Waals surface area contributed by atoms with Gasteiger partial charge in [-0.1, -0.05) is 0 Å². The van der Waals surface area contributed by atoms with Gasteiger partial charge in [0.05, 0.1) is 0 Å².